The number of ether oxygens (including phenoxy) is 1. The molecule has 0 unspecified atom stereocenters. The van der Waals surface area contributed by atoms with Gasteiger partial charge < -0.3 is 9.57 Å². The molecule has 1 aromatic heterocycles. The molecule has 1 heterocycles. The normalized spacial score (nSPS) is 12.0. The van der Waals surface area contributed by atoms with Crippen LogP contribution < -0.4 is 4.74 Å². The average molecular weight is 359 g/mol. The number of nitrogens with zero attached hydrogens (tertiary/aromatic N) is 3. The fraction of sp³-hybridized carbons (Fsp3) is 0.263. The standard InChI is InChI=1S/C19H19F2N3O2/c1-12-8-9-17(25-3)14(10-12)11-26-23-13(2)18-22-15-6-4-5-7-16(15)24(18)19(20)21/h4-10,19H,11H2,1-3H3/b23-13-. The summed E-state index contributed by atoms with van der Waals surface area (Å²) >= 11 is 0. The van der Waals surface area contributed by atoms with Crippen LogP contribution in [0.5, 0.6) is 5.75 Å². The van der Waals surface area contributed by atoms with Crippen molar-refractivity contribution in [2.45, 2.75) is 27.0 Å². The Labute approximate surface area is 149 Å². The molecule has 3 aromatic rings. The van der Waals surface area contributed by atoms with Crippen LogP contribution >= 0.6 is 0 Å². The second-order valence-electron chi connectivity index (χ2n) is 5.84. The van der Waals surface area contributed by atoms with Crippen LogP contribution in [0.15, 0.2) is 47.6 Å². The molecule has 136 valence electrons. The molecule has 0 fully saturated rings. The zero-order chi connectivity index (χ0) is 18.7. The number of hydrogen-bond acceptors (Lipinski definition) is 4. The summed E-state index contributed by atoms with van der Waals surface area (Å²) in [6, 6.07) is 12.4. The van der Waals surface area contributed by atoms with Crippen molar-refractivity contribution in [3.63, 3.8) is 0 Å². The van der Waals surface area contributed by atoms with Gasteiger partial charge in [-0.1, -0.05) is 28.9 Å². The highest BCUT2D eigenvalue weighted by atomic mass is 19.3. The van der Waals surface area contributed by atoms with Gasteiger partial charge in [0.05, 0.1) is 18.1 Å². The first-order valence-electron chi connectivity index (χ1n) is 8.07. The summed E-state index contributed by atoms with van der Waals surface area (Å²) in [5.41, 5.74) is 2.99. The van der Waals surface area contributed by atoms with Crippen molar-refractivity contribution in [1.29, 1.82) is 0 Å². The van der Waals surface area contributed by atoms with Crippen molar-refractivity contribution < 1.29 is 18.4 Å². The van der Waals surface area contributed by atoms with Crippen LogP contribution in [0.4, 0.5) is 8.78 Å². The third kappa shape index (κ3) is 3.51. The lowest BCUT2D eigenvalue weighted by molar-refractivity contribution is 0.0736. The molecular weight excluding hydrogens is 340 g/mol. The van der Waals surface area contributed by atoms with Gasteiger partial charge >= 0.3 is 6.55 Å². The Morgan fingerprint density at radius 1 is 1.23 bits per heavy atom. The molecule has 0 aliphatic rings. The van der Waals surface area contributed by atoms with Crippen LogP contribution in [0.3, 0.4) is 0 Å². The van der Waals surface area contributed by atoms with Gasteiger partial charge in [-0.2, -0.15) is 8.78 Å². The minimum Gasteiger partial charge on any atom is -0.496 e. The summed E-state index contributed by atoms with van der Waals surface area (Å²) in [7, 11) is 1.58. The molecule has 0 radical (unpaired) electrons. The van der Waals surface area contributed by atoms with Crippen molar-refractivity contribution in [2.24, 2.45) is 5.16 Å². The Morgan fingerprint density at radius 3 is 2.73 bits per heavy atom. The molecule has 0 atom stereocenters. The van der Waals surface area contributed by atoms with Crippen molar-refractivity contribution in [3.8, 4) is 5.75 Å². The largest absolute Gasteiger partial charge is 0.496 e. The number of imidazole rings is 1. The molecule has 0 N–H and O–H groups in total. The highest BCUT2D eigenvalue weighted by Gasteiger charge is 2.19. The Bertz CT molecular complexity index is 951. The molecular formula is C19H19F2N3O2. The van der Waals surface area contributed by atoms with Gasteiger partial charge in [-0.15, -0.1) is 0 Å². The fourth-order valence-electron chi connectivity index (χ4n) is 2.76. The van der Waals surface area contributed by atoms with Crippen LogP contribution in [-0.2, 0) is 11.4 Å². The lowest BCUT2D eigenvalue weighted by atomic mass is 10.1. The summed E-state index contributed by atoms with van der Waals surface area (Å²) < 4.78 is 33.1. The fourth-order valence-corrected chi connectivity index (χ4v) is 2.76. The second-order valence-corrected chi connectivity index (χ2v) is 5.84. The third-order valence-corrected chi connectivity index (χ3v) is 3.97. The van der Waals surface area contributed by atoms with E-state index in [1.165, 1.54) is 0 Å². The highest BCUT2D eigenvalue weighted by molar-refractivity contribution is 5.98. The van der Waals surface area contributed by atoms with E-state index < -0.39 is 6.55 Å². The minimum atomic E-state index is -2.72. The second kappa shape index (κ2) is 7.51. The Morgan fingerprint density at radius 2 is 2.00 bits per heavy atom. The Hall–Kier alpha value is -2.96. The van der Waals surface area contributed by atoms with Crippen molar-refractivity contribution in [1.82, 2.24) is 9.55 Å². The van der Waals surface area contributed by atoms with Gasteiger partial charge in [0.1, 0.15) is 18.1 Å². The summed E-state index contributed by atoms with van der Waals surface area (Å²) in [5.74, 6) is 0.765. The molecule has 3 rings (SSSR count). The molecule has 2 aromatic carbocycles. The first kappa shape index (κ1) is 17.8. The van der Waals surface area contributed by atoms with E-state index in [1.54, 1.807) is 38.3 Å². The lowest BCUT2D eigenvalue weighted by Crippen LogP contribution is -2.10. The van der Waals surface area contributed by atoms with E-state index in [2.05, 4.69) is 10.1 Å². The highest BCUT2D eigenvalue weighted by Crippen LogP contribution is 2.24. The van der Waals surface area contributed by atoms with Gasteiger partial charge in [-0.05, 0) is 38.1 Å². The molecule has 0 spiro atoms. The predicted molar refractivity (Wildman–Crippen MR) is 95.7 cm³/mol. The predicted octanol–water partition coefficient (Wildman–Crippen LogP) is 4.69. The van der Waals surface area contributed by atoms with E-state index >= 15 is 0 Å². The number of aryl methyl sites for hydroxylation is 1. The summed E-state index contributed by atoms with van der Waals surface area (Å²) in [6.07, 6.45) is 0. The first-order valence-corrected chi connectivity index (χ1v) is 8.07. The van der Waals surface area contributed by atoms with E-state index in [4.69, 9.17) is 9.57 Å². The number of benzene rings is 2. The van der Waals surface area contributed by atoms with Gasteiger partial charge in [0, 0.05) is 5.56 Å². The number of aromatic nitrogens is 2. The smallest absolute Gasteiger partial charge is 0.320 e. The van der Waals surface area contributed by atoms with Gasteiger partial charge in [0.15, 0.2) is 5.82 Å². The molecule has 5 nitrogen and oxygen atoms in total. The molecule has 0 aliphatic carbocycles. The van der Waals surface area contributed by atoms with Crippen LogP contribution in [0.1, 0.15) is 30.4 Å². The van der Waals surface area contributed by atoms with E-state index in [0.717, 1.165) is 15.7 Å². The number of hydrogen-bond donors (Lipinski definition) is 0. The van der Waals surface area contributed by atoms with Gasteiger partial charge in [0.25, 0.3) is 0 Å². The Balaban J connectivity index is 1.86. The number of halogens is 2. The minimum absolute atomic E-state index is 0.0809. The summed E-state index contributed by atoms with van der Waals surface area (Å²) in [6.45, 7) is 0.993. The van der Waals surface area contributed by atoms with Gasteiger partial charge in [-0.25, -0.2) is 4.98 Å². The molecule has 0 amide bonds. The van der Waals surface area contributed by atoms with Crippen LogP contribution in [0.25, 0.3) is 11.0 Å². The van der Waals surface area contributed by atoms with E-state index in [-0.39, 0.29) is 18.1 Å². The van der Waals surface area contributed by atoms with E-state index in [0.29, 0.717) is 16.8 Å². The number of para-hydroxylation sites is 2. The quantitative estimate of drug-likeness (QED) is 0.474. The maximum atomic E-state index is 13.5. The molecule has 0 saturated carbocycles. The number of methoxy groups -OCH3 is 1. The number of alkyl halides is 2. The number of oxime groups is 1. The molecule has 26 heavy (non-hydrogen) atoms. The SMILES string of the molecule is COc1ccc(C)cc1CO/N=C(/C)c1nc2ccccc2n1C(F)F. The monoisotopic (exact) mass is 359 g/mol. The summed E-state index contributed by atoms with van der Waals surface area (Å²) in [5, 5.41) is 3.98. The van der Waals surface area contributed by atoms with Crippen molar-refractivity contribution in [3.05, 3.63) is 59.4 Å². The van der Waals surface area contributed by atoms with Gasteiger partial charge in [0.2, 0.25) is 0 Å². The van der Waals surface area contributed by atoms with Crippen molar-refractivity contribution >= 4 is 16.7 Å². The summed E-state index contributed by atoms with van der Waals surface area (Å²) in [4.78, 5) is 9.63. The Kier molecular flexibility index (Phi) is 5.16. The molecule has 7 heteroatoms. The zero-order valence-corrected chi connectivity index (χ0v) is 14.7. The zero-order valence-electron chi connectivity index (χ0n) is 14.7. The van der Waals surface area contributed by atoms with Crippen LogP contribution in [0, 0.1) is 6.92 Å². The van der Waals surface area contributed by atoms with E-state index in [9.17, 15) is 8.78 Å². The lowest BCUT2D eigenvalue weighted by Gasteiger charge is -2.09. The van der Waals surface area contributed by atoms with Crippen LogP contribution in [0.2, 0.25) is 0 Å². The van der Waals surface area contributed by atoms with Crippen molar-refractivity contribution in [2.75, 3.05) is 7.11 Å². The molecule has 0 saturated heterocycles. The average Bonchev–Trinajstić information content (AvgIpc) is 3.01. The van der Waals surface area contributed by atoms with Gasteiger partial charge in [-0.3, -0.25) is 4.57 Å². The number of rotatable bonds is 6. The maximum absolute atomic E-state index is 13.5. The maximum Gasteiger partial charge on any atom is 0.320 e. The van der Waals surface area contributed by atoms with Crippen LogP contribution in [-0.4, -0.2) is 22.4 Å². The topological polar surface area (TPSA) is 48.6 Å². The molecule has 0 bridgehead atoms. The molecule has 0 aliphatic heterocycles. The third-order valence-electron chi connectivity index (χ3n) is 3.97. The number of fused-ring (bicyclic) bond motifs is 1. The first-order chi connectivity index (χ1) is 12.5. The van der Waals surface area contributed by atoms with E-state index in [1.807, 2.05) is 25.1 Å².